The van der Waals surface area contributed by atoms with Gasteiger partial charge >= 0.3 is 0 Å². The molecule has 1 aliphatic rings. The number of nitrogens with one attached hydrogen (secondary N) is 1. The van der Waals surface area contributed by atoms with Gasteiger partial charge in [0.2, 0.25) is 10.0 Å². The van der Waals surface area contributed by atoms with Gasteiger partial charge in [-0.3, -0.25) is 4.79 Å². The molecule has 1 N–H and O–H groups in total. The highest BCUT2D eigenvalue weighted by atomic mass is 32.2. The first-order chi connectivity index (χ1) is 14.3. The largest absolute Gasteiger partial charge is 0.483 e. The second kappa shape index (κ2) is 9.49. The van der Waals surface area contributed by atoms with Gasteiger partial charge in [-0.2, -0.15) is 0 Å². The quantitative estimate of drug-likeness (QED) is 0.728. The smallest absolute Gasteiger partial charge is 0.260 e. The maximum atomic E-state index is 12.5. The number of para-hydroxylation sites is 1. The van der Waals surface area contributed by atoms with E-state index in [2.05, 4.69) is 21.8 Å². The molecule has 0 radical (unpaired) electrons. The highest BCUT2D eigenvalue weighted by molar-refractivity contribution is 7.89. The van der Waals surface area contributed by atoms with Gasteiger partial charge in [0.05, 0.1) is 4.90 Å². The van der Waals surface area contributed by atoms with E-state index in [1.54, 1.807) is 37.8 Å². The number of rotatable bonds is 7. The summed E-state index contributed by atoms with van der Waals surface area (Å²) >= 11 is 0. The molecule has 1 fully saturated rings. The maximum Gasteiger partial charge on any atom is 0.260 e. The first-order valence-electron chi connectivity index (χ1n) is 10.1. The van der Waals surface area contributed by atoms with E-state index in [9.17, 15) is 13.2 Å². The average Bonchev–Trinajstić information content (AvgIpc) is 2.72. The van der Waals surface area contributed by atoms with Crippen LogP contribution in [0.4, 0.5) is 5.69 Å². The third-order valence-corrected chi connectivity index (χ3v) is 6.61. The second-order valence-corrected chi connectivity index (χ2v) is 9.41. The minimum Gasteiger partial charge on any atom is -0.483 e. The van der Waals surface area contributed by atoms with Gasteiger partial charge in [-0.25, -0.2) is 13.1 Å². The Labute approximate surface area is 178 Å². The van der Waals surface area contributed by atoms with E-state index in [1.807, 2.05) is 18.2 Å². The first kappa shape index (κ1) is 22.1. The Balaban J connectivity index is 1.54. The number of amides is 1. The molecule has 0 saturated carbocycles. The van der Waals surface area contributed by atoms with E-state index in [0.717, 1.165) is 13.1 Å². The van der Waals surface area contributed by atoms with Crippen molar-refractivity contribution >= 4 is 21.6 Å². The molecular formula is C22H29N3O4S. The van der Waals surface area contributed by atoms with Crippen LogP contribution >= 0.6 is 0 Å². The summed E-state index contributed by atoms with van der Waals surface area (Å²) in [5, 5.41) is 0. The molecule has 0 atom stereocenters. The maximum absolute atomic E-state index is 12.5. The number of sulfonamides is 1. The van der Waals surface area contributed by atoms with Crippen molar-refractivity contribution in [3.8, 4) is 5.75 Å². The Hall–Kier alpha value is -2.58. The summed E-state index contributed by atoms with van der Waals surface area (Å²) in [5.74, 6) is 0.440. The molecule has 1 heterocycles. The number of benzene rings is 2. The van der Waals surface area contributed by atoms with Crippen LogP contribution in [-0.2, 0) is 14.8 Å². The van der Waals surface area contributed by atoms with Crippen LogP contribution in [-0.4, -0.2) is 58.1 Å². The fourth-order valence-electron chi connectivity index (χ4n) is 3.41. The highest BCUT2D eigenvalue weighted by Gasteiger charge is 2.22. The predicted molar refractivity (Wildman–Crippen MR) is 117 cm³/mol. The molecule has 8 heteroatoms. The zero-order valence-corrected chi connectivity index (χ0v) is 18.5. The lowest BCUT2D eigenvalue weighted by Gasteiger charge is -2.36. The lowest BCUT2D eigenvalue weighted by Crippen LogP contribution is -2.50. The molecule has 2 aromatic carbocycles. The molecule has 1 amide bonds. The molecule has 7 nitrogen and oxygen atoms in total. The van der Waals surface area contributed by atoms with Gasteiger partial charge in [-0.15, -0.1) is 0 Å². The molecule has 0 bridgehead atoms. The summed E-state index contributed by atoms with van der Waals surface area (Å²) < 4.78 is 32.8. The van der Waals surface area contributed by atoms with E-state index in [-0.39, 0.29) is 23.5 Å². The second-order valence-electron chi connectivity index (χ2n) is 7.70. The molecule has 30 heavy (non-hydrogen) atoms. The minimum atomic E-state index is -3.56. The molecule has 1 saturated heterocycles. The van der Waals surface area contributed by atoms with Crippen LogP contribution in [0.5, 0.6) is 5.75 Å². The molecule has 1 aliphatic heterocycles. The molecule has 0 unspecified atom stereocenters. The Kier molecular flexibility index (Phi) is 6.99. The summed E-state index contributed by atoms with van der Waals surface area (Å²) in [7, 11) is -3.56. The molecule has 2 aromatic rings. The Bertz CT molecular complexity index is 969. The van der Waals surface area contributed by atoms with Gasteiger partial charge in [-0.05, 0) is 56.7 Å². The molecule has 3 rings (SSSR count). The summed E-state index contributed by atoms with van der Waals surface area (Å²) in [4.78, 5) is 16.8. The first-order valence-corrected chi connectivity index (χ1v) is 11.6. The van der Waals surface area contributed by atoms with E-state index < -0.39 is 10.0 Å². The fourth-order valence-corrected chi connectivity index (χ4v) is 4.75. The normalized spacial score (nSPS) is 14.8. The Morgan fingerprint density at radius 3 is 2.33 bits per heavy atom. The van der Waals surface area contributed by atoms with Crippen molar-refractivity contribution in [3.05, 3.63) is 54.1 Å². The number of piperazine rings is 1. The lowest BCUT2D eigenvalue weighted by molar-refractivity contribution is -0.133. The van der Waals surface area contributed by atoms with Crippen LogP contribution in [0.3, 0.4) is 0 Å². The fraction of sp³-hybridized carbons (Fsp3) is 0.409. The standard InChI is InChI=1S/C22H29N3O4S/c1-17(2)23-30(27,28)20-9-10-21(18(3)15-20)29-16-22(26)25-13-11-24(12-14-25)19-7-5-4-6-8-19/h4-10,15,17,23H,11-14,16H2,1-3H3. The molecule has 162 valence electrons. The van der Waals surface area contributed by atoms with Gasteiger partial charge in [0, 0.05) is 37.9 Å². The van der Waals surface area contributed by atoms with Crippen molar-refractivity contribution in [3.63, 3.8) is 0 Å². The third-order valence-electron chi connectivity index (χ3n) is 4.95. The minimum absolute atomic E-state index is 0.0669. The van der Waals surface area contributed by atoms with E-state index in [4.69, 9.17) is 4.74 Å². The van der Waals surface area contributed by atoms with Crippen molar-refractivity contribution in [2.24, 2.45) is 0 Å². The topological polar surface area (TPSA) is 78.9 Å². The van der Waals surface area contributed by atoms with Gasteiger partial charge in [0.25, 0.3) is 5.91 Å². The van der Waals surface area contributed by atoms with Crippen LogP contribution in [0.15, 0.2) is 53.4 Å². The molecule has 0 aromatic heterocycles. The number of ether oxygens (including phenoxy) is 1. The number of aryl methyl sites for hydroxylation is 1. The lowest BCUT2D eigenvalue weighted by atomic mass is 10.2. The van der Waals surface area contributed by atoms with Gasteiger partial charge in [0.1, 0.15) is 5.75 Å². The Morgan fingerprint density at radius 2 is 1.73 bits per heavy atom. The monoisotopic (exact) mass is 431 g/mol. The van der Waals surface area contributed by atoms with Gasteiger partial charge < -0.3 is 14.5 Å². The zero-order valence-electron chi connectivity index (χ0n) is 17.7. The summed E-state index contributed by atoms with van der Waals surface area (Å²) in [5.41, 5.74) is 1.84. The number of hydrogen-bond acceptors (Lipinski definition) is 5. The SMILES string of the molecule is Cc1cc(S(=O)(=O)NC(C)C)ccc1OCC(=O)N1CCN(c2ccccc2)CC1. The van der Waals surface area contributed by atoms with Gasteiger partial charge in [-0.1, -0.05) is 18.2 Å². The highest BCUT2D eigenvalue weighted by Crippen LogP contribution is 2.22. The van der Waals surface area contributed by atoms with E-state index in [0.29, 0.717) is 24.4 Å². The van der Waals surface area contributed by atoms with Crippen molar-refractivity contribution < 1.29 is 17.9 Å². The number of carbonyl (C=O) groups excluding carboxylic acids is 1. The van der Waals surface area contributed by atoms with Gasteiger partial charge in [0.15, 0.2) is 6.61 Å². The summed E-state index contributed by atoms with van der Waals surface area (Å²) in [6.07, 6.45) is 0. The van der Waals surface area contributed by atoms with Crippen LogP contribution in [0.2, 0.25) is 0 Å². The van der Waals surface area contributed by atoms with Crippen molar-refractivity contribution in [1.29, 1.82) is 0 Å². The van der Waals surface area contributed by atoms with Crippen molar-refractivity contribution in [1.82, 2.24) is 9.62 Å². The third kappa shape index (κ3) is 5.52. The number of nitrogens with zero attached hydrogens (tertiary/aromatic N) is 2. The molecular weight excluding hydrogens is 402 g/mol. The zero-order chi connectivity index (χ0) is 21.7. The number of anilines is 1. The van der Waals surface area contributed by atoms with Crippen LogP contribution < -0.4 is 14.4 Å². The summed E-state index contributed by atoms with van der Waals surface area (Å²) in [6, 6.07) is 14.6. The number of hydrogen-bond donors (Lipinski definition) is 1. The predicted octanol–water partition coefficient (Wildman–Crippen LogP) is 2.41. The van der Waals surface area contributed by atoms with Crippen LogP contribution in [0.25, 0.3) is 0 Å². The number of carbonyl (C=O) groups is 1. The van der Waals surface area contributed by atoms with Crippen molar-refractivity contribution in [2.75, 3.05) is 37.7 Å². The van der Waals surface area contributed by atoms with Crippen LogP contribution in [0.1, 0.15) is 19.4 Å². The Morgan fingerprint density at radius 1 is 1.07 bits per heavy atom. The van der Waals surface area contributed by atoms with E-state index in [1.165, 1.54) is 11.8 Å². The van der Waals surface area contributed by atoms with Crippen molar-refractivity contribution in [2.45, 2.75) is 31.7 Å². The molecule has 0 spiro atoms. The van der Waals surface area contributed by atoms with E-state index >= 15 is 0 Å². The summed E-state index contributed by atoms with van der Waals surface area (Å²) in [6.45, 7) is 8.10. The molecule has 0 aliphatic carbocycles. The van der Waals surface area contributed by atoms with Crippen LogP contribution in [0, 0.1) is 6.92 Å². The average molecular weight is 432 g/mol.